The van der Waals surface area contributed by atoms with E-state index in [2.05, 4.69) is 46.9 Å². The fourth-order valence-corrected chi connectivity index (χ4v) is 1.34. The highest BCUT2D eigenvalue weighted by Crippen LogP contribution is 2.15. The molecule has 0 aliphatic carbocycles. The summed E-state index contributed by atoms with van der Waals surface area (Å²) >= 11 is 3.32. The third kappa shape index (κ3) is 2.50. The van der Waals surface area contributed by atoms with E-state index in [1.807, 2.05) is 19.1 Å². The fraction of sp³-hybridized carbons (Fsp3) is 0.250. The molecule has 2 rings (SSSR count). The third-order valence-corrected chi connectivity index (χ3v) is 2.31. The van der Waals surface area contributed by atoms with Gasteiger partial charge in [0.05, 0.1) is 6.04 Å². The number of aromatic nitrogens is 5. The first-order valence-corrected chi connectivity index (χ1v) is 5.16. The SMILES string of the molecule is CC(Nc1ccc(Br)cn1)c1nn[nH]n1. The molecule has 0 aliphatic heterocycles. The molecule has 2 heterocycles. The van der Waals surface area contributed by atoms with Crippen LogP contribution in [0.2, 0.25) is 0 Å². The predicted octanol–water partition coefficient (Wildman–Crippen LogP) is 1.53. The van der Waals surface area contributed by atoms with Crippen molar-refractivity contribution in [2.24, 2.45) is 0 Å². The van der Waals surface area contributed by atoms with Crippen LogP contribution in [0.25, 0.3) is 0 Å². The van der Waals surface area contributed by atoms with Crippen LogP contribution in [0.5, 0.6) is 0 Å². The molecule has 2 aromatic heterocycles. The highest BCUT2D eigenvalue weighted by atomic mass is 79.9. The highest BCUT2D eigenvalue weighted by Gasteiger charge is 2.09. The fourth-order valence-electron chi connectivity index (χ4n) is 1.10. The molecule has 2 N–H and O–H groups in total. The second-order valence-corrected chi connectivity index (χ2v) is 3.91. The number of rotatable bonds is 3. The Hall–Kier alpha value is -1.50. The molecule has 2 aromatic rings. The molecule has 0 spiro atoms. The maximum atomic E-state index is 4.18. The van der Waals surface area contributed by atoms with Gasteiger partial charge in [-0.2, -0.15) is 5.21 Å². The molecule has 1 atom stereocenters. The number of pyridine rings is 1. The lowest BCUT2D eigenvalue weighted by Crippen LogP contribution is -2.09. The van der Waals surface area contributed by atoms with Crippen LogP contribution in [0.4, 0.5) is 5.82 Å². The van der Waals surface area contributed by atoms with Crippen LogP contribution in [-0.2, 0) is 0 Å². The number of aromatic amines is 1. The van der Waals surface area contributed by atoms with Gasteiger partial charge < -0.3 is 5.32 Å². The maximum absolute atomic E-state index is 4.18. The first-order valence-electron chi connectivity index (χ1n) is 4.37. The number of nitrogens with zero attached hydrogens (tertiary/aromatic N) is 4. The summed E-state index contributed by atoms with van der Waals surface area (Å²) in [6, 6.07) is 3.76. The van der Waals surface area contributed by atoms with Crippen molar-refractivity contribution in [3.8, 4) is 0 Å². The average molecular weight is 269 g/mol. The zero-order valence-electron chi connectivity index (χ0n) is 7.98. The number of hydrogen-bond donors (Lipinski definition) is 2. The zero-order valence-corrected chi connectivity index (χ0v) is 9.56. The molecule has 7 heteroatoms. The van der Waals surface area contributed by atoms with Gasteiger partial charge in [-0.15, -0.1) is 10.2 Å². The molecule has 0 amide bonds. The van der Waals surface area contributed by atoms with Gasteiger partial charge in [0.2, 0.25) is 0 Å². The molecule has 1 unspecified atom stereocenters. The molecule has 0 radical (unpaired) electrons. The number of nitrogens with one attached hydrogen (secondary N) is 2. The quantitative estimate of drug-likeness (QED) is 0.883. The first-order chi connectivity index (χ1) is 7.25. The van der Waals surface area contributed by atoms with E-state index in [1.54, 1.807) is 6.20 Å². The molecule has 0 aliphatic rings. The lowest BCUT2D eigenvalue weighted by molar-refractivity contribution is 0.788. The Morgan fingerprint density at radius 1 is 1.47 bits per heavy atom. The van der Waals surface area contributed by atoms with E-state index in [1.165, 1.54) is 0 Å². The summed E-state index contributed by atoms with van der Waals surface area (Å²) in [5.41, 5.74) is 0. The molecule has 0 saturated carbocycles. The summed E-state index contributed by atoms with van der Waals surface area (Å²) in [6.45, 7) is 1.94. The Balaban J connectivity index is 2.06. The number of halogens is 1. The van der Waals surface area contributed by atoms with E-state index in [4.69, 9.17) is 0 Å². The minimum Gasteiger partial charge on any atom is -0.360 e. The van der Waals surface area contributed by atoms with Crippen molar-refractivity contribution < 1.29 is 0 Å². The van der Waals surface area contributed by atoms with Gasteiger partial charge in [0.15, 0.2) is 5.82 Å². The van der Waals surface area contributed by atoms with Crippen LogP contribution in [0.15, 0.2) is 22.8 Å². The largest absolute Gasteiger partial charge is 0.360 e. The average Bonchev–Trinajstić information content (AvgIpc) is 2.74. The Morgan fingerprint density at radius 2 is 2.33 bits per heavy atom. The zero-order chi connectivity index (χ0) is 10.7. The van der Waals surface area contributed by atoms with Gasteiger partial charge in [-0.05, 0) is 35.0 Å². The Kier molecular flexibility index (Phi) is 2.91. The molecular weight excluding hydrogens is 260 g/mol. The van der Waals surface area contributed by atoms with Crippen molar-refractivity contribution in [3.63, 3.8) is 0 Å². The van der Waals surface area contributed by atoms with E-state index in [-0.39, 0.29) is 6.04 Å². The monoisotopic (exact) mass is 268 g/mol. The molecule has 0 aromatic carbocycles. The van der Waals surface area contributed by atoms with Crippen LogP contribution in [-0.4, -0.2) is 25.6 Å². The molecule has 0 bridgehead atoms. The normalized spacial score (nSPS) is 12.4. The minimum atomic E-state index is -0.0302. The van der Waals surface area contributed by atoms with Gasteiger partial charge >= 0.3 is 0 Å². The van der Waals surface area contributed by atoms with Crippen molar-refractivity contribution in [2.45, 2.75) is 13.0 Å². The summed E-state index contributed by atoms with van der Waals surface area (Å²) in [5, 5.41) is 16.8. The summed E-state index contributed by atoms with van der Waals surface area (Å²) < 4.78 is 0.945. The predicted molar refractivity (Wildman–Crippen MR) is 58.2 cm³/mol. The van der Waals surface area contributed by atoms with Crippen molar-refractivity contribution in [1.82, 2.24) is 25.6 Å². The lowest BCUT2D eigenvalue weighted by atomic mass is 10.3. The number of H-pyrrole nitrogens is 1. The van der Waals surface area contributed by atoms with Crippen molar-refractivity contribution >= 4 is 21.7 Å². The summed E-state index contributed by atoms with van der Waals surface area (Å²) in [5.74, 6) is 1.38. The second kappa shape index (κ2) is 4.35. The Bertz CT molecular complexity index is 411. The van der Waals surface area contributed by atoms with Crippen LogP contribution in [0.1, 0.15) is 18.8 Å². The van der Waals surface area contributed by atoms with E-state index in [0.717, 1.165) is 10.3 Å². The van der Waals surface area contributed by atoms with E-state index >= 15 is 0 Å². The van der Waals surface area contributed by atoms with Crippen LogP contribution in [0.3, 0.4) is 0 Å². The Morgan fingerprint density at radius 3 is 2.93 bits per heavy atom. The Labute approximate surface area is 94.6 Å². The van der Waals surface area contributed by atoms with Crippen LogP contribution < -0.4 is 5.32 Å². The summed E-state index contributed by atoms with van der Waals surface area (Å²) in [4.78, 5) is 4.18. The first kappa shape index (κ1) is 10.0. The topological polar surface area (TPSA) is 79.4 Å². The summed E-state index contributed by atoms with van der Waals surface area (Å²) in [6.07, 6.45) is 1.73. The van der Waals surface area contributed by atoms with Gasteiger partial charge in [-0.1, -0.05) is 5.21 Å². The standard InChI is InChI=1S/C8H9BrN6/c1-5(8-12-14-15-13-8)11-7-3-2-6(9)4-10-7/h2-5H,1H3,(H,10,11)(H,12,13,14,15). The smallest absolute Gasteiger partial charge is 0.196 e. The van der Waals surface area contributed by atoms with E-state index < -0.39 is 0 Å². The van der Waals surface area contributed by atoms with Crippen molar-refractivity contribution in [3.05, 3.63) is 28.6 Å². The van der Waals surface area contributed by atoms with Crippen LogP contribution >= 0.6 is 15.9 Å². The second-order valence-electron chi connectivity index (χ2n) is 3.00. The van der Waals surface area contributed by atoms with Gasteiger partial charge in [0.1, 0.15) is 5.82 Å². The molecule has 15 heavy (non-hydrogen) atoms. The summed E-state index contributed by atoms with van der Waals surface area (Å²) in [7, 11) is 0. The van der Waals surface area contributed by atoms with Gasteiger partial charge in [0.25, 0.3) is 0 Å². The van der Waals surface area contributed by atoms with Crippen molar-refractivity contribution in [2.75, 3.05) is 5.32 Å². The highest BCUT2D eigenvalue weighted by molar-refractivity contribution is 9.10. The third-order valence-electron chi connectivity index (χ3n) is 1.84. The van der Waals surface area contributed by atoms with Gasteiger partial charge in [-0.25, -0.2) is 4.98 Å². The van der Waals surface area contributed by atoms with E-state index in [9.17, 15) is 0 Å². The molecule has 78 valence electrons. The maximum Gasteiger partial charge on any atom is 0.196 e. The van der Waals surface area contributed by atoms with Crippen LogP contribution in [0, 0.1) is 0 Å². The molecule has 0 fully saturated rings. The minimum absolute atomic E-state index is 0.0302. The van der Waals surface area contributed by atoms with Gasteiger partial charge in [-0.3, -0.25) is 0 Å². The van der Waals surface area contributed by atoms with Gasteiger partial charge in [0, 0.05) is 10.7 Å². The van der Waals surface area contributed by atoms with E-state index in [0.29, 0.717) is 5.82 Å². The molecular formula is C8H9BrN6. The number of tetrazole rings is 1. The molecule has 6 nitrogen and oxygen atoms in total. The van der Waals surface area contributed by atoms with Crippen molar-refractivity contribution in [1.29, 1.82) is 0 Å². The molecule has 0 saturated heterocycles. The number of hydrogen-bond acceptors (Lipinski definition) is 5. The lowest BCUT2D eigenvalue weighted by Gasteiger charge is -2.09. The number of anilines is 1.